The van der Waals surface area contributed by atoms with E-state index >= 15 is 0 Å². The number of carbonyl (C=O) groups is 2. The van der Waals surface area contributed by atoms with Gasteiger partial charge < -0.3 is 14.6 Å². The summed E-state index contributed by atoms with van der Waals surface area (Å²) in [5, 5.41) is 9.90. The highest BCUT2D eigenvalue weighted by Crippen LogP contribution is 2.70. The van der Waals surface area contributed by atoms with E-state index in [1.165, 1.54) is 42.8 Å². The minimum Gasteiger partial charge on any atom is -0.512 e. The summed E-state index contributed by atoms with van der Waals surface area (Å²) < 4.78 is 37.5. The normalized spacial score (nSPS) is 26.4. The van der Waals surface area contributed by atoms with Gasteiger partial charge in [-0.25, -0.2) is 13.8 Å². The van der Waals surface area contributed by atoms with Crippen LogP contribution in [0.1, 0.15) is 179 Å². The second-order valence-electron chi connectivity index (χ2n) is 19.7. The number of ketones is 1. The molecule has 0 amide bonds. The largest absolute Gasteiger partial charge is 0.512 e. The van der Waals surface area contributed by atoms with Crippen molar-refractivity contribution in [3.05, 3.63) is 95.6 Å². The van der Waals surface area contributed by atoms with Crippen molar-refractivity contribution in [2.24, 2.45) is 51.2 Å². The summed E-state index contributed by atoms with van der Waals surface area (Å²) in [7, 11) is 0. The Morgan fingerprint density at radius 2 is 1.50 bits per heavy atom. The number of carbonyl (C=O) groups excluding carboxylic acids is 2. The van der Waals surface area contributed by atoms with Crippen molar-refractivity contribution in [1.29, 1.82) is 0 Å². The van der Waals surface area contributed by atoms with Crippen LogP contribution in [0.5, 0.6) is 0 Å². The fourth-order valence-electron chi connectivity index (χ4n) is 11.5. The summed E-state index contributed by atoms with van der Waals surface area (Å²) in [5.41, 5.74) is 3.53. The van der Waals surface area contributed by atoms with E-state index in [9.17, 15) is 23.5 Å². The summed E-state index contributed by atoms with van der Waals surface area (Å²) in [6.45, 7) is 39.5. The molecule has 4 aliphatic rings. The van der Waals surface area contributed by atoms with Crippen molar-refractivity contribution in [2.45, 2.75) is 181 Å². The lowest BCUT2D eigenvalue weighted by molar-refractivity contribution is -0.155. The van der Waals surface area contributed by atoms with Gasteiger partial charge in [-0.3, -0.25) is 9.59 Å². The number of ether oxygens (including phenoxy) is 2. The minimum absolute atomic E-state index is 0.00242. The molecule has 3 saturated carbocycles. The zero-order valence-electron chi connectivity index (χ0n) is 43.8. The van der Waals surface area contributed by atoms with Gasteiger partial charge in [-0.2, -0.15) is 0 Å². The van der Waals surface area contributed by atoms with Crippen LogP contribution in [0.15, 0.2) is 72.7 Å². The Bertz CT molecular complexity index is 1880. The maximum Gasteiger partial charge on any atom is 0.307 e. The first-order chi connectivity index (χ1) is 31.1. The third-order valence-corrected chi connectivity index (χ3v) is 15.1. The third kappa shape index (κ3) is 14.4. The van der Waals surface area contributed by atoms with Crippen LogP contribution in [-0.4, -0.2) is 34.6 Å². The molecule has 6 nitrogen and oxygen atoms in total. The van der Waals surface area contributed by atoms with Gasteiger partial charge in [-0.1, -0.05) is 126 Å². The number of Topliss-reactive ketones (excluding diaryl/α,β-unsaturated/α-hetero) is 1. The number of benzene rings is 1. The van der Waals surface area contributed by atoms with Gasteiger partial charge in [0.1, 0.15) is 23.1 Å². The van der Waals surface area contributed by atoms with Gasteiger partial charge in [-0.05, 0) is 142 Å². The average Bonchev–Trinajstić information content (AvgIpc) is 3.60. The summed E-state index contributed by atoms with van der Waals surface area (Å²) in [5.74, 6) is 2.13. The summed E-state index contributed by atoms with van der Waals surface area (Å²) >= 11 is 0. The van der Waals surface area contributed by atoms with E-state index in [0.29, 0.717) is 53.9 Å². The third-order valence-electron chi connectivity index (χ3n) is 15.1. The number of allylic oxidation sites excluding steroid dienone is 3. The standard InChI is InChI=1S/C43H62FNO5.C7H7F.3C2H6.C2H2/c1-26(2)38-35(47)23-43(21-22-49-29(5)34-13-11-31(44)25-45-34)20-17-33-32(39(38)43)12-14-36-41(9,27(3)15-18-42(33,36)10)19-16-28(4)50-37(48)24-40(7,8)30(6)46;1-6-2-4-7(8)5-3-6;4*1-2/h11,13,25-28,32-33,36,46H,5-6,12,14-24H2,1-4,7-10H3;2-5H,1H3;3*1-2H3;1-2H. The molecule has 1 aromatic carbocycles. The van der Waals surface area contributed by atoms with Crippen molar-refractivity contribution >= 4 is 17.5 Å². The van der Waals surface area contributed by atoms with Crippen LogP contribution in [0.4, 0.5) is 8.78 Å². The molecule has 370 valence electrons. The van der Waals surface area contributed by atoms with Gasteiger partial charge in [0.25, 0.3) is 0 Å². The van der Waals surface area contributed by atoms with Crippen LogP contribution in [0, 0.1) is 82.7 Å². The fourth-order valence-corrected chi connectivity index (χ4v) is 11.5. The van der Waals surface area contributed by atoms with E-state index in [1.54, 1.807) is 32.0 Å². The first kappa shape index (κ1) is 59.8. The molecular weight excluding hydrogens is 829 g/mol. The smallest absolute Gasteiger partial charge is 0.307 e. The number of hydrogen-bond donors (Lipinski definition) is 1. The quantitative estimate of drug-likeness (QED) is 0.122. The highest BCUT2D eigenvalue weighted by Gasteiger charge is 2.62. The van der Waals surface area contributed by atoms with E-state index in [2.05, 4.69) is 65.6 Å². The Morgan fingerprint density at radius 3 is 2.03 bits per heavy atom. The number of halogens is 2. The molecule has 3 fully saturated rings. The molecule has 0 saturated heterocycles. The van der Waals surface area contributed by atoms with Crippen molar-refractivity contribution in [3.8, 4) is 12.8 Å². The SMILES string of the molecule is C#C.C=C(OCCC12CCC3C(CCC4C(C)(CCC(C)OC(=O)CC(C)(C)C(=C)O)C(C)CCC34C)C1=C(C(C)C)C(=O)C2)c1ccc(F)cn1.CC.CC.CC.Cc1ccc(F)cc1. The van der Waals surface area contributed by atoms with Gasteiger partial charge >= 0.3 is 5.97 Å². The molecule has 0 spiro atoms. The zero-order chi connectivity index (χ0) is 50.8. The second-order valence-corrected chi connectivity index (χ2v) is 19.7. The van der Waals surface area contributed by atoms with Crippen LogP contribution >= 0.6 is 0 Å². The van der Waals surface area contributed by atoms with Crippen LogP contribution in [0.25, 0.3) is 5.76 Å². The molecule has 8 unspecified atom stereocenters. The molecule has 1 aromatic heterocycles. The number of terminal acetylenes is 1. The topological polar surface area (TPSA) is 85.7 Å². The molecule has 2 aromatic rings. The lowest BCUT2D eigenvalue weighted by atomic mass is 9.40. The zero-order valence-corrected chi connectivity index (χ0v) is 43.8. The van der Waals surface area contributed by atoms with Crippen LogP contribution < -0.4 is 0 Å². The maximum atomic E-state index is 13.8. The summed E-state index contributed by atoms with van der Waals surface area (Å²) in [6, 6.07) is 9.35. The van der Waals surface area contributed by atoms with E-state index in [0.717, 1.165) is 56.1 Å². The molecule has 8 atom stereocenters. The number of aryl methyl sites for hydroxylation is 1. The Hall–Kier alpha value is -4.25. The number of pyridine rings is 1. The molecule has 0 radical (unpaired) electrons. The number of rotatable bonds is 13. The number of nitrogens with zero attached hydrogens (tertiary/aromatic N) is 1. The van der Waals surface area contributed by atoms with Crippen LogP contribution in [-0.2, 0) is 19.1 Å². The summed E-state index contributed by atoms with van der Waals surface area (Å²) in [4.78, 5) is 30.7. The average molecular weight is 918 g/mol. The van der Waals surface area contributed by atoms with E-state index in [4.69, 9.17) is 9.47 Å². The van der Waals surface area contributed by atoms with Crippen LogP contribution in [0.3, 0.4) is 0 Å². The Kier molecular flexibility index (Phi) is 24.4. The number of aromatic nitrogens is 1. The lowest BCUT2D eigenvalue weighted by Crippen LogP contribution is -2.57. The van der Waals surface area contributed by atoms with Crippen molar-refractivity contribution in [1.82, 2.24) is 4.98 Å². The number of aliphatic hydroxyl groups excluding tert-OH is 1. The second kappa shape index (κ2) is 26.9. The molecule has 0 aliphatic heterocycles. The van der Waals surface area contributed by atoms with E-state index in [-0.39, 0.29) is 52.2 Å². The van der Waals surface area contributed by atoms with Gasteiger partial charge in [0, 0.05) is 17.3 Å². The molecular formula is C58H89F2NO5. The first-order valence-electron chi connectivity index (χ1n) is 25.0. The predicted molar refractivity (Wildman–Crippen MR) is 271 cm³/mol. The lowest BCUT2D eigenvalue weighted by Gasteiger charge is -2.65. The molecule has 1 heterocycles. The predicted octanol–water partition coefficient (Wildman–Crippen LogP) is 16.1. The van der Waals surface area contributed by atoms with Gasteiger partial charge in [0.05, 0.1) is 31.1 Å². The Morgan fingerprint density at radius 1 is 0.909 bits per heavy atom. The highest BCUT2D eigenvalue weighted by molar-refractivity contribution is 6.00. The Balaban J connectivity index is 0.00000118. The molecule has 8 heteroatoms. The monoisotopic (exact) mass is 918 g/mol. The fraction of sp³-hybridized carbons (Fsp3) is 0.638. The van der Waals surface area contributed by atoms with Gasteiger partial charge in [0.15, 0.2) is 5.78 Å². The highest BCUT2D eigenvalue weighted by atomic mass is 19.1. The molecule has 0 bridgehead atoms. The molecule has 66 heavy (non-hydrogen) atoms. The Labute approximate surface area is 400 Å². The van der Waals surface area contributed by atoms with Gasteiger partial charge in [-0.15, -0.1) is 12.8 Å². The summed E-state index contributed by atoms with van der Waals surface area (Å²) in [6.07, 6.45) is 19.0. The number of aliphatic hydroxyl groups is 1. The van der Waals surface area contributed by atoms with Crippen molar-refractivity contribution in [3.63, 3.8) is 0 Å². The van der Waals surface area contributed by atoms with E-state index < -0.39 is 11.2 Å². The minimum atomic E-state index is -0.712. The number of fused-ring (bicyclic) bond motifs is 5. The van der Waals surface area contributed by atoms with Crippen molar-refractivity contribution < 1.29 is 33.0 Å². The number of hydrogen-bond acceptors (Lipinski definition) is 6. The number of esters is 1. The molecule has 1 N–H and O–H groups in total. The first-order valence-corrected chi connectivity index (χ1v) is 25.0. The van der Waals surface area contributed by atoms with E-state index in [1.807, 2.05) is 55.4 Å². The molecule has 4 aliphatic carbocycles. The van der Waals surface area contributed by atoms with Crippen molar-refractivity contribution in [2.75, 3.05) is 6.61 Å². The van der Waals surface area contributed by atoms with Gasteiger partial charge in [0.2, 0.25) is 0 Å². The molecule has 6 rings (SSSR count). The van der Waals surface area contributed by atoms with Crippen LogP contribution in [0.2, 0.25) is 0 Å². The maximum absolute atomic E-state index is 13.8.